The molecule has 4 rings (SSSR count). The number of carbonyl (C=O) groups excluding carboxylic acids is 3. The zero-order chi connectivity index (χ0) is 31.3. The molecule has 0 radical (unpaired) electrons. The standard InChI is InChI=1S/C33H37F2N3O5/c1-20-24(14-9-15-28(20)39)31(42)37-27(18-22-10-5-4-6-11-22)29(40)32(43)38(19-33(3,34)35)21(2)30(41)36-26-17-16-23-12-7-8-13-25(23)26/h4-15,21,26-27,29,39-40H,16-19H2,1-3H3,(H,36,41)(H,37,42)/t21-,26-,27-,29-/m0/s1. The molecule has 0 saturated heterocycles. The highest BCUT2D eigenvalue weighted by molar-refractivity contribution is 5.97. The van der Waals surface area contributed by atoms with E-state index in [4.69, 9.17) is 0 Å². The van der Waals surface area contributed by atoms with Gasteiger partial charge in [0.15, 0.2) is 6.10 Å². The van der Waals surface area contributed by atoms with Crippen LogP contribution in [0.3, 0.4) is 0 Å². The minimum absolute atomic E-state index is 0.00680. The number of nitrogens with zero attached hydrogens (tertiary/aromatic N) is 1. The van der Waals surface area contributed by atoms with Crippen LogP contribution in [0.5, 0.6) is 5.75 Å². The van der Waals surface area contributed by atoms with Gasteiger partial charge in [0.2, 0.25) is 5.91 Å². The van der Waals surface area contributed by atoms with E-state index < -0.39 is 48.4 Å². The van der Waals surface area contributed by atoms with Crippen LogP contribution >= 0.6 is 0 Å². The van der Waals surface area contributed by atoms with Crippen molar-refractivity contribution >= 4 is 17.7 Å². The number of aliphatic hydroxyl groups excluding tert-OH is 1. The molecule has 0 unspecified atom stereocenters. The molecule has 1 aliphatic rings. The second kappa shape index (κ2) is 13.3. The van der Waals surface area contributed by atoms with Gasteiger partial charge in [-0.15, -0.1) is 0 Å². The van der Waals surface area contributed by atoms with E-state index in [0.29, 0.717) is 29.4 Å². The first-order chi connectivity index (χ1) is 20.4. The summed E-state index contributed by atoms with van der Waals surface area (Å²) in [4.78, 5) is 41.0. The molecule has 10 heteroatoms. The molecular formula is C33H37F2N3O5. The number of carbonyl (C=O) groups is 3. The lowest BCUT2D eigenvalue weighted by molar-refractivity contribution is -0.153. The van der Waals surface area contributed by atoms with Gasteiger partial charge in [-0.1, -0.05) is 60.7 Å². The molecule has 3 amide bonds. The second-order valence-corrected chi connectivity index (χ2v) is 11.2. The molecule has 228 valence electrons. The highest BCUT2D eigenvalue weighted by atomic mass is 19.3. The number of aliphatic hydroxyl groups is 1. The number of hydrogen-bond donors (Lipinski definition) is 4. The van der Waals surface area contributed by atoms with E-state index in [1.165, 1.54) is 25.1 Å². The molecule has 0 fully saturated rings. The number of hydrogen-bond acceptors (Lipinski definition) is 5. The number of rotatable bonds is 11. The van der Waals surface area contributed by atoms with E-state index in [2.05, 4.69) is 10.6 Å². The summed E-state index contributed by atoms with van der Waals surface area (Å²) in [5.41, 5.74) is 3.12. The maximum absolute atomic E-state index is 14.4. The van der Waals surface area contributed by atoms with Crippen molar-refractivity contribution in [2.45, 2.75) is 70.2 Å². The third kappa shape index (κ3) is 7.75. The zero-order valence-electron chi connectivity index (χ0n) is 24.4. The van der Waals surface area contributed by atoms with Gasteiger partial charge in [0.05, 0.1) is 18.6 Å². The Morgan fingerprint density at radius 2 is 1.70 bits per heavy atom. The Kier molecular flexibility index (Phi) is 9.80. The maximum Gasteiger partial charge on any atom is 0.262 e. The number of aryl methyl sites for hydroxylation is 1. The lowest BCUT2D eigenvalue weighted by Gasteiger charge is -2.35. The number of benzene rings is 3. The van der Waals surface area contributed by atoms with Crippen molar-refractivity contribution in [1.82, 2.24) is 15.5 Å². The number of aromatic hydroxyl groups is 1. The van der Waals surface area contributed by atoms with Crippen molar-refractivity contribution in [3.8, 4) is 5.75 Å². The fourth-order valence-electron chi connectivity index (χ4n) is 5.41. The Hall–Kier alpha value is -4.31. The molecule has 1 aliphatic carbocycles. The Bertz CT molecular complexity index is 1460. The summed E-state index contributed by atoms with van der Waals surface area (Å²) < 4.78 is 28.8. The molecule has 0 heterocycles. The van der Waals surface area contributed by atoms with Crippen molar-refractivity contribution in [2.24, 2.45) is 0 Å². The summed E-state index contributed by atoms with van der Waals surface area (Å²) in [5.74, 6) is -5.90. The van der Waals surface area contributed by atoms with E-state index in [-0.39, 0.29) is 23.8 Å². The molecule has 0 bridgehead atoms. The van der Waals surface area contributed by atoms with E-state index in [0.717, 1.165) is 17.5 Å². The molecule has 8 nitrogen and oxygen atoms in total. The smallest absolute Gasteiger partial charge is 0.262 e. The van der Waals surface area contributed by atoms with Crippen LogP contribution in [0, 0.1) is 6.92 Å². The predicted octanol–water partition coefficient (Wildman–Crippen LogP) is 4.08. The number of amides is 3. The second-order valence-electron chi connectivity index (χ2n) is 11.2. The van der Waals surface area contributed by atoms with Gasteiger partial charge in [-0.25, -0.2) is 8.78 Å². The minimum atomic E-state index is -3.37. The van der Waals surface area contributed by atoms with Crippen LogP contribution in [0.1, 0.15) is 58.9 Å². The highest BCUT2D eigenvalue weighted by Crippen LogP contribution is 2.31. The van der Waals surface area contributed by atoms with Gasteiger partial charge < -0.3 is 25.7 Å². The van der Waals surface area contributed by atoms with E-state index in [1.54, 1.807) is 37.3 Å². The molecule has 3 aromatic carbocycles. The summed E-state index contributed by atoms with van der Waals surface area (Å²) >= 11 is 0. The van der Waals surface area contributed by atoms with E-state index in [1.807, 2.05) is 24.3 Å². The first-order valence-electron chi connectivity index (χ1n) is 14.2. The molecule has 4 atom stereocenters. The molecule has 4 N–H and O–H groups in total. The SMILES string of the molecule is Cc1c(O)cccc1C(=O)N[C@@H](Cc1ccccc1)[C@H](O)C(=O)N(CC(C)(F)F)[C@@H](C)C(=O)N[C@H]1CCc2ccccc21. The number of phenolic OH excluding ortho intramolecular Hbond substituents is 1. The lowest BCUT2D eigenvalue weighted by atomic mass is 9.98. The summed E-state index contributed by atoms with van der Waals surface area (Å²) in [5, 5.41) is 26.9. The van der Waals surface area contributed by atoms with Gasteiger partial charge in [-0.2, -0.15) is 0 Å². The molecule has 43 heavy (non-hydrogen) atoms. The average Bonchev–Trinajstić information content (AvgIpc) is 3.38. The van der Waals surface area contributed by atoms with Gasteiger partial charge in [0, 0.05) is 18.1 Å². The number of nitrogens with one attached hydrogen (secondary N) is 2. The Labute approximate surface area is 249 Å². The Morgan fingerprint density at radius 1 is 1.02 bits per heavy atom. The maximum atomic E-state index is 14.4. The monoisotopic (exact) mass is 593 g/mol. The van der Waals surface area contributed by atoms with Crippen molar-refractivity contribution in [2.75, 3.05) is 6.54 Å². The quantitative estimate of drug-likeness (QED) is 0.267. The van der Waals surface area contributed by atoms with Gasteiger partial charge in [0.25, 0.3) is 17.7 Å². The van der Waals surface area contributed by atoms with Crippen molar-refractivity contribution in [1.29, 1.82) is 0 Å². The van der Waals surface area contributed by atoms with E-state index in [9.17, 15) is 33.4 Å². The topological polar surface area (TPSA) is 119 Å². The van der Waals surface area contributed by atoms with Gasteiger partial charge in [-0.05, 0) is 61.9 Å². The van der Waals surface area contributed by atoms with Crippen LogP contribution < -0.4 is 10.6 Å². The molecule has 3 aromatic rings. The minimum Gasteiger partial charge on any atom is -0.508 e. The van der Waals surface area contributed by atoms with E-state index >= 15 is 0 Å². The first kappa shape index (κ1) is 31.6. The van der Waals surface area contributed by atoms with Crippen LogP contribution in [-0.2, 0) is 22.4 Å². The summed E-state index contributed by atoms with van der Waals surface area (Å²) in [6.45, 7) is 2.40. The zero-order valence-corrected chi connectivity index (χ0v) is 24.4. The van der Waals surface area contributed by atoms with Crippen LogP contribution in [0.15, 0.2) is 72.8 Å². The molecule has 0 saturated carbocycles. The molecule has 0 aliphatic heterocycles. The van der Waals surface area contributed by atoms with Crippen LogP contribution in [0.2, 0.25) is 0 Å². The van der Waals surface area contributed by atoms with Crippen LogP contribution in [0.4, 0.5) is 8.78 Å². The summed E-state index contributed by atoms with van der Waals surface area (Å²) in [6, 6.07) is 17.9. The molecule has 0 aromatic heterocycles. The number of alkyl halides is 2. The third-order valence-corrected chi connectivity index (χ3v) is 7.83. The number of phenols is 1. The number of fused-ring (bicyclic) bond motifs is 1. The van der Waals surface area contributed by atoms with Crippen LogP contribution in [-0.4, -0.2) is 63.5 Å². The van der Waals surface area contributed by atoms with Crippen molar-refractivity contribution in [3.63, 3.8) is 0 Å². The summed E-state index contributed by atoms with van der Waals surface area (Å²) in [6.07, 6.45) is -0.583. The molecular weight excluding hydrogens is 556 g/mol. The fourth-order valence-corrected chi connectivity index (χ4v) is 5.41. The average molecular weight is 594 g/mol. The first-order valence-corrected chi connectivity index (χ1v) is 14.2. The Balaban J connectivity index is 1.59. The van der Waals surface area contributed by atoms with Gasteiger partial charge in [0.1, 0.15) is 11.8 Å². The van der Waals surface area contributed by atoms with Crippen molar-refractivity contribution in [3.05, 3.63) is 101 Å². The third-order valence-electron chi connectivity index (χ3n) is 7.83. The van der Waals surface area contributed by atoms with Crippen molar-refractivity contribution < 1.29 is 33.4 Å². The highest BCUT2D eigenvalue weighted by Gasteiger charge is 2.40. The van der Waals surface area contributed by atoms with Gasteiger partial charge in [-0.3, -0.25) is 14.4 Å². The van der Waals surface area contributed by atoms with Crippen LogP contribution in [0.25, 0.3) is 0 Å². The largest absolute Gasteiger partial charge is 0.508 e. The predicted molar refractivity (Wildman–Crippen MR) is 158 cm³/mol. The Morgan fingerprint density at radius 3 is 2.40 bits per heavy atom. The normalized spacial score (nSPS) is 16.5. The molecule has 0 spiro atoms. The summed E-state index contributed by atoms with van der Waals surface area (Å²) in [7, 11) is 0. The lowest BCUT2D eigenvalue weighted by Crippen LogP contribution is -2.58. The van der Waals surface area contributed by atoms with Gasteiger partial charge >= 0.3 is 0 Å². The fraction of sp³-hybridized carbons (Fsp3) is 0.364. The number of halogens is 2.